The minimum Gasteiger partial charge on any atom is -0.440 e. The summed E-state index contributed by atoms with van der Waals surface area (Å²) in [5, 5.41) is 4.74. The zero-order chi connectivity index (χ0) is 19.2. The van der Waals surface area contributed by atoms with Crippen LogP contribution >= 0.6 is 0 Å². The summed E-state index contributed by atoms with van der Waals surface area (Å²) in [5.74, 6) is -0.0357. The van der Waals surface area contributed by atoms with E-state index in [1.165, 1.54) is 0 Å². The Hall–Kier alpha value is -2.78. The number of alkyl halides is 3. The van der Waals surface area contributed by atoms with Gasteiger partial charge in [-0.05, 0) is 18.6 Å². The number of para-hydroxylation sites is 2. The second-order valence-electron chi connectivity index (χ2n) is 5.49. The molecule has 0 fully saturated rings. The molecule has 0 saturated carbocycles. The van der Waals surface area contributed by atoms with Gasteiger partial charge >= 0.3 is 12.3 Å². The first-order valence-corrected chi connectivity index (χ1v) is 8.02. The number of carbonyl (C=O) groups excluding carboxylic acids is 2. The number of rotatable bonds is 7. The van der Waals surface area contributed by atoms with E-state index in [0.717, 1.165) is 17.5 Å². The Labute approximate surface area is 147 Å². The fourth-order valence-electron chi connectivity index (χ4n) is 2.28. The maximum absolute atomic E-state index is 12.0. The first kappa shape index (κ1) is 19.5. The number of alkyl carbamates (subject to hydrolysis) is 1. The Kier molecular flexibility index (Phi) is 6.42. The molecule has 2 rings (SSSR count). The molecule has 0 aliphatic carbocycles. The number of imidazole rings is 1. The summed E-state index contributed by atoms with van der Waals surface area (Å²) < 4.78 is 41.6. The topological polar surface area (TPSA) is 85.2 Å². The molecular formula is C16H19F3N4O3. The number of nitrogens with one attached hydrogen (secondary N) is 2. The van der Waals surface area contributed by atoms with Gasteiger partial charge in [-0.1, -0.05) is 19.1 Å². The number of amides is 2. The normalized spacial score (nSPS) is 11.4. The number of hydrogen-bond donors (Lipinski definition) is 2. The van der Waals surface area contributed by atoms with Crippen molar-refractivity contribution in [3.63, 3.8) is 0 Å². The van der Waals surface area contributed by atoms with Crippen LogP contribution in [0.5, 0.6) is 0 Å². The highest BCUT2D eigenvalue weighted by Crippen LogP contribution is 2.20. The van der Waals surface area contributed by atoms with E-state index in [2.05, 4.69) is 20.4 Å². The smallest absolute Gasteiger partial charge is 0.422 e. The number of hydrogen-bond acceptors (Lipinski definition) is 4. The molecule has 0 radical (unpaired) electrons. The van der Waals surface area contributed by atoms with Gasteiger partial charge < -0.3 is 14.6 Å². The van der Waals surface area contributed by atoms with Crippen LogP contribution in [0.15, 0.2) is 24.3 Å². The molecule has 7 nitrogen and oxygen atoms in total. The van der Waals surface area contributed by atoms with Crippen LogP contribution in [0.2, 0.25) is 0 Å². The highest BCUT2D eigenvalue weighted by atomic mass is 19.4. The molecule has 0 aliphatic heterocycles. The van der Waals surface area contributed by atoms with E-state index in [9.17, 15) is 22.8 Å². The lowest BCUT2D eigenvalue weighted by molar-refractivity contribution is -0.160. The van der Waals surface area contributed by atoms with Crippen LogP contribution < -0.4 is 10.6 Å². The van der Waals surface area contributed by atoms with Crippen LogP contribution in [0.4, 0.5) is 23.9 Å². The first-order chi connectivity index (χ1) is 12.3. The molecule has 0 bridgehead atoms. The molecule has 0 saturated heterocycles. The van der Waals surface area contributed by atoms with Crippen LogP contribution in [0.25, 0.3) is 11.0 Å². The Morgan fingerprint density at radius 3 is 2.69 bits per heavy atom. The molecule has 1 aromatic heterocycles. The summed E-state index contributed by atoms with van der Waals surface area (Å²) in [6, 6.07) is 7.44. The average molecular weight is 372 g/mol. The van der Waals surface area contributed by atoms with Gasteiger partial charge in [0.1, 0.15) is 0 Å². The van der Waals surface area contributed by atoms with Gasteiger partial charge in [-0.3, -0.25) is 10.1 Å². The third kappa shape index (κ3) is 5.64. The minimum atomic E-state index is -4.59. The average Bonchev–Trinajstić information content (AvgIpc) is 2.90. The highest BCUT2D eigenvalue weighted by molar-refractivity contribution is 5.91. The third-order valence-corrected chi connectivity index (χ3v) is 3.34. The number of ether oxygens (including phenoxy) is 1. The predicted octanol–water partition coefficient (Wildman–Crippen LogP) is 3.06. The highest BCUT2D eigenvalue weighted by Gasteiger charge is 2.29. The Balaban J connectivity index is 1.87. The monoisotopic (exact) mass is 372 g/mol. The van der Waals surface area contributed by atoms with Crippen molar-refractivity contribution in [1.82, 2.24) is 14.9 Å². The predicted molar refractivity (Wildman–Crippen MR) is 88.7 cm³/mol. The summed E-state index contributed by atoms with van der Waals surface area (Å²) in [5.41, 5.74) is 1.63. The third-order valence-electron chi connectivity index (χ3n) is 3.34. The summed E-state index contributed by atoms with van der Waals surface area (Å²) in [6.45, 7) is 0.831. The molecule has 0 unspecified atom stereocenters. The van der Waals surface area contributed by atoms with E-state index in [1.54, 1.807) is 0 Å². The van der Waals surface area contributed by atoms with Crippen LogP contribution in [-0.4, -0.2) is 40.9 Å². The SMILES string of the molecule is CCCn1c(NC(=O)CCNC(=O)OCC(F)(F)F)nc2ccccc21. The second-order valence-corrected chi connectivity index (χ2v) is 5.49. The quantitative estimate of drug-likeness (QED) is 0.782. The molecule has 26 heavy (non-hydrogen) atoms. The number of carbonyl (C=O) groups is 2. The van der Waals surface area contributed by atoms with Gasteiger partial charge in [0.05, 0.1) is 11.0 Å². The van der Waals surface area contributed by atoms with Crippen molar-refractivity contribution >= 4 is 29.0 Å². The molecule has 2 N–H and O–H groups in total. The van der Waals surface area contributed by atoms with Gasteiger partial charge in [-0.2, -0.15) is 13.2 Å². The Bertz CT molecular complexity index is 774. The van der Waals surface area contributed by atoms with Crippen LogP contribution in [0.3, 0.4) is 0 Å². The van der Waals surface area contributed by atoms with E-state index >= 15 is 0 Å². The largest absolute Gasteiger partial charge is 0.440 e. The van der Waals surface area contributed by atoms with Gasteiger partial charge in [-0.25, -0.2) is 9.78 Å². The van der Waals surface area contributed by atoms with Gasteiger partial charge in [-0.15, -0.1) is 0 Å². The lowest BCUT2D eigenvalue weighted by Crippen LogP contribution is -2.31. The number of nitrogens with zero attached hydrogens (tertiary/aromatic N) is 2. The summed E-state index contributed by atoms with van der Waals surface area (Å²) >= 11 is 0. The van der Waals surface area contributed by atoms with E-state index in [1.807, 2.05) is 35.8 Å². The molecule has 1 heterocycles. The number of benzene rings is 1. The molecule has 0 aliphatic rings. The number of anilines is 1. The van der Waals surface area contributed by atoms with Gasteiger partial charge in [0.2, 0.25) is 11.9 Å². The van der Waals surface area contributed by atoms with Crippen LogP contribution in [0.1, 0.15) is 19.8 Å². The van der Waals surface area contributed by atoms with Crippen molar-refractivity contribution in [1.29, 1.82) is 0 Å². The van der Waals surface area contributed by atoms with E-state index in [-0.39, 0.29) is 13.0 Å². The van der Waals surface area contributed by atoms with Crippen molar-refractivity contribution < 1.29 is 27.5 Å². The van der Waals surface area contributed by atoms with E-state index < -0.39 is 24.8 Å². The minimum absolute atomic E-state index is 0.129. The van der Waals surface area contributed by atoms with Gasteiger partial charge in [0.15, 0.2) is 6.61 Å². The lowest BCUT2D eigenvalue weighted by Gasteiger charge is -2.10. The number of aryl methyl sites for hydroxylation is 1. The molecule has 142 valence electrons. The Morgan fingerprint density at radius 1 is 1.27 bits per heavy atom. The maximum Gasteiger partial charge on any atom is 0.422 e. The summed E-state index contributed by atoms with van der Waals surface area (Å²) in [7, 11) is 0. The molecule has 2 amide bonds. The lowest BCUT2D eigenvalue weighted by atomic mass is 10.3. The molecule has 2 aromatic rings. The van der Waals surface area contributed by atoms with Crippen LogP contribution in [0, 0.1) is 0 Å². The molecule has 0 spiro atoms. The zero-order valence-electron chi connectivity index (χ0n) is 14.1. The number of fused-ring (bicyclic) bond motifs is 1. The van der Waals surface area contributed by atoms with Crippen molar-refractivity contribution in [3.8, 4) is 0 Å². The standard InChI is InChI=1S/C16H19F3N4O3/c1-2-9-23-12-6-4-3-5-11(12)21-14(23)22-13(24)7-8-20-15(25)26-10-16(17,18)19/h3-6H,2,7-10H2,1H3,(H,20,25)(H,21,22,24). The fraction of sp³-hybridized carbons (Fsp3) is 0.438. The Morgan fingerprint density at radius 2 is 2.00 bits per heavy atom. The molecule has 10 heteroatoms. The molecule has 1 aromatic carbocycles. The van der Waals surface area contributed by atoms with Gasteiger partial charge in [0, 0.05) is 19.5 Å². The number of aromatic nitrogens is 2. The van der Waals surface area contributed by atoms with Crippen molar-refractivity contribution in [2.45, 2.75) is 32.5 Å². The first-order valence-electron chi connectivity index (χ1n) is 8.02. The number of halogens is 3. The second kappa shape index (κ2) is 8.54. The van der Waals surface area contributed by atoms with Crippen LogP contribution in [-0.2, 0) is 16.1 Å². The zero-order valence-corrected chi connectivity index (χ0v) is 14.1. The maximum atomic E-state index is 12.0. The van der Waals surface area contributed by atoms with Crippen molar-refractivity contribution in [2.24, 2.45) is 0 Å². The van der Waals surface area contributed by atoms with Gasteiger partial charge in [0.25, 0.3) is 0 Å². The summed E-state index contributed by atoms with van der Waals surface area (Å²) in [4.78, 5) is 27.5. The molecular weight excluding hydrogens is 353 g/mol. The van der Waals surface area contributed by atoms with Crippen molar-refractivity contribution in [3.05, 3.63) is 24.3 Å². The summed E-state index contributed by atoms with van der Waals surface area (Å²) in [6.07, 6.45) is -5.10. The fourth-order valence-corrected chi connectivity index (χ4v) is 2.28. The molecule has 0 atom stereocenters. The van der Waals surface area contributed by atoms with E-state index in [0.29, 0.717) is 12.5 Å². The van der Waals surface area contributed by atoms with E-state index in [4.69, 9.17) is 0 Å². The van der Waals surface area contributed by atoms with Crippen molar-refractivity contribution in [2.75, 3.05) is 18.5 Å².